The van der Waals surface area contributed by atoms with E-state index < -0.39 is 5.92 Å². The van der Waals surface area contributed by atoms with E-state index in [1.807, 2.05) is 24.3 Å². The van der Waals surface area contributed by atoms with E-state index in [-0.39, 0.29) is 0 Å². The van der Waals surface area contributed by atoms with Crippen molar-refractivity contribution >= 4 is 27.5 Å². The van der Waals surface area contributed by atoms with Crippen LogP contribution in [0.1, 0.15) is 16.6 Å². The van der Waals surface area contributed by atoms with E-state index in [1.54, 1.807) is 12.3 Å². The number of nitrogens with one attached hydrogen (secondary N) is 1. The third kappa shape index (κ3) is 2.88. The number of thiazole rings is 1. The minimum atomic E-state index is -0.501. The molecule has 3 N–H and O–H groups in total. The van der Waals surface area contributed by atoms with Crippen molar-refractivity contribution in [2.45, 2.75) is 5.92 Å². The molecule has 110 valence electrons. The van der Waals surface area contributed by atoms with Gasteiger partial charge < -0.3 is 11.1 Å². The van der Waals surface area contributed by atoms with Crippen LogP contribution in [0, 0.1) is 11.3 Å². The Morgan fingerprint density at radius 3 is 2.91 bits per heavy atom. The Labute approximate surface area is 131 Å². The second-order valence-electron chi connectivity index (χ2n) is 4.60. The third-order valence-corrected chi connectivity index (χ3v) is 4.19. The molecule has 0 aliphatic heterocycles. The highest BCUT2D eigenvalue weighted by Crippen LogP contribution is 2.30. The predicted molar refractivity (Wildman–Crippen MR) is 86.7 cm³/mol. The van der Waals surface area contributed by atoms with Gasteiger partial charge in [-0.05, 0) is 18.2 Å². The molecule has 2 aromatic heterocycles. The van der Waals surface area contributed by atoms with Crippen LogP contribution in [0.3, 0.4) is 0 Å². The second kappa shape index (κ2) is 6.47. The summed E-state index contributed by atoms with van der Waals surface area (Å²) >= 11 is 1.51. The summed E-state index contributed by atoms with van der Waals surface area (Å²) in [6.07, 6.45) is 1.64. The van der Waals surface area contributed by atoms with Gasteiger partial charge in [-0.15, -0.1) is 11.3 Å². The number of aromatic nitrogens is 3. The van der Waals surface area contributed by atoms with Crippen LogP contribution in [0.5, 0.6) is 0 Å². The van der Waals surface area contributed by atoms with E-state index in [2.05, 4.69) is 26.3 Å². The fraction of sp³-hybridized carbons (Fsp3) is 0.200. The van der Waals surface area contributed by atoms with Gasteiger partial charge in [-0.25, -0.2) is 15.0 Å². The topological polar surface area (TPSA) is 101 Å². The fourth-order valence-corrected chi connectivity index (χ4v) is 3.09. The maximum Gasteiger partial charge on any atom is 0.222 e. The molecule has 3 rings (SSSR count). The van der Waals surface area contributed by atoms with Crippen LogP contribution < -0.4 is 11.1 Å². The lowest BCUT2D eigenvalue weighted by Gasteiger charge is -2.07. The van der Waals surface area contributed by atoms with E-state index in [9.17, 15) is 5.26 Å². The average molecular weight is 310 g/mol. The lowest BCUT2D eigenvalue weighted by atomic mass is 10.1. The molecule has 22 heavy (non-hydrogen) atoms. The maximum absolute atomic E-state index is 9.54. The number of nitriles is 1. The van der Waals surface area contributed by atoms with Gasteiger partial charge in [-0.1, -0.05) is 12.1 Å². The molecular weight excluding hydrogens is 296 g/mol. The summed E-state index contributed by atoms with van der Waals surface area (Å²) in [7, 11) is 0. The number of nitrogens with two attached hydrogens (primary N) is 1. The SMILES string of the molecule is N#CC(c1ccnc(NCCN)n1)c1nc2ccccc2s1. The van der Waals surface area contributed by atoms with Gasteiger partial charge in [-0.2, -0.15) is 5.26 Å². The first kappa shape index (κ1) is 14.4. The Balaban J connectivity index is 1.95. The molecule has 0 saturated heterocycles. The standard InChI is InChI=1S/C15H14N6S/c16-6-8-19-15-18-7-5-11(21-15)10(9-17)14-20-12-3-1-2-4-13(12)22-14/h1-5,7,10H,6,8,16H2,(H,18,19,21). The van der Waals surface area contributed by atoms with Crippen LogP contribution in [0.2, 0.25) is 0 Å². The molecule has 0 radical (unpaired) electrons. The van der Waals surface area contributed by atoms with Crippen LogP contribution in [-0.4, -0.2) is 28.0 Å². The molecule has 0 amide bonds. The van der Waals surface area contributed by atoms with Crippen molar-refractivity contribution in [3.8, 4) is 6.07 Å². The van der Waals surface area contributed by atoms with Crippen molar-refractivity contribution in [2.75, 3.05) is 18.4 Å². The Morgan fingerprint density at radius 1 is 1.27 bits per heavy atom. The summed E-state index contributed by atoms with van der Waals surface area (Å²) in [6, 6.07) is 11.9. The predicted octanol–water partition coefficient (Wildman–Crippen LogP) is 2.11. The van der Waals surface area contributed by atoms with Crippen LogP contribution in [-0.2, 0) is 0 Å². The molecule has 0 aliphatic carbocycles. The Kier molecular flexibility index (Phi) is 4.23. The number of fused-ring (bicyclic) bond motifs is 1. The fourth-order valence-electron chi connectivity index (χ4n) is 2.06. The molecule has 0 saturated carbocycles. The quantitative estimate of drug-likeness (QED) is 0.748. The molecule has 0 fully saturated rings. The first-order valence-corrected chi connectivity index (χ1v) is 7.65. The summed E-state index contributed by atoms with van der Waals surface area (Å²) < 4.78 is 1.06. The van der Waals surface area contributed by atoms with Gasteiger partial charge in [0.05, 0.1) is 22.0 Å². The number of rotatable bonds is 5. The Hall–Kier alpha value is -2.56. The zero-order chi connectivity index (χ0) is 15.4. The van der Waals surface area contributed by atoms with Gasteiger partial charge in [-0.3, -0.25) is 0 Å². The van der Waals surface area contributed by atoms with Gasteiger partial charge in [0.2, 0.25) is 5.95 Å². The summed E-state index contributed by atoms with van der Waals surface area (Å²) in [5, 5.41) is 13.3. The molecule has 0 bridgehead atoms. The highest BCUT2D eigenvalue weighted by atomic mass is 32.1. The normalized spacial score (nSPS) is 12.0. The Bertz CT molecular complexity index is 789. The smallest absolute Gasteiger partial charge is 0.222 e. The first-order chi connectivity index (χ1) is 10.8. The molecule has 0 spiro atoms. The highest BCUT2D eigenvalue weighted by Gasteiger charge is 2.20. The van der Waals surface area contributed by atoms with Crippen LogP contribution in [0.4, 0.5) is 5.95 Å². The van der Waals surface area contributed by atoms with E-state index in [4.69, 9.17) is 5.73 Å². The number of hydrogen-bond donors (Lipinski definition) is 2. The largest absolute Gasteiger partial charge is 0.353 e. The van der Waals surface area contributed by atoms with Crippen molar-refractivity contribution in [1.82, 2.24) is 15.0 Å². The zero-order valence-corrected chi connectivity index (χ0v) is 12.5. The van der Waals surface area contributed by atoms with E-state index in [0.29, 0.717) is 24.7 Å². The summed E-state index contributed by atoms with van der Waals surface area (Å²) in [5.74, 6) is -0.0249. The molecule has 1 aromatic carbocycles. The molecule has 1 atom stereocenters. The van der Waals surface area contributed by atoms with Gasteiger partial charge in [0, 0.05) is 19.3 Å². The minimum Gasteiger partial charge on any atom is -0.353 e. The lowest BCUT2D eigenvalue weighted by molar-refractivity contribution is 0.919. The van der Waals surface area contributed by atoms with E-state index in [0.717, 1.165) is 15.2 Å². The summed E-state index contributed by atoms with van der Waals surface area (Å²) in [6.45, 7) is 1.08. The van der Waals surface area contributed by atoms with Crippen molar-refractivity contribution in [1.29, 1.82) is 5.26 Å². The monoisotopic (exact) mass is 310 g/mol. The summed E-state index contributed by atoms with van der Waals surface area (Å²) in [5.41, 5.74) is 6.99. The van der Waals surface area contributed by atoms with Crippen LogP contribution in [0.15, 0.2) is 36.5 Å². The second-order valence-corrected chi connectivity index (χ2v) is 5.66. The number of hydrogen-bond acceptors (Lipinski definition) is 7. The number of para-hydroxylation sites is 1. The van der Waals surface area contributed by atoms with Crippen molar-refractivity contribution in [2.24, 2.45) is 5.73 Å². The highest BCUT2D eigenvalue weighted by molar-refractivity contribution is 7.18. The van der Waals surface area contributed by atoms with Crippen LogP contribution in [0.25, 0.3) is 10.2 Å². The molecule has 6 nitrogen and oxygen atoms in total. The van der Waals surface area contributed by atoms with Gasteiger partial charge in [0.15, 0.2) is 0 Å². The third-order valence-electron chi connectivity index (χ3n) is 3.09. The average Bonchev–Trinajstić information content (AvgIpc) is 2.97. The lowest BCUT2D eigenvalue weighted by Crippen LogP contribution is -2.15. The van der Waals surface area contributed by atoms with Gasteiger partial charge >= 0.3 is 0 Å². The molecule has 1 unspecified atom stereocenters. The van der Waals surface area contributed by atoms with Gasteiger partial charge in [0.25, 0.3) is 0 Å². The zero-order valence-electron chi connectivity index (χ0n) is 11.7. The number of nitrogens with zero attached hydrogens (tertiary/aromatic N) is 4. The molecule has 3 aromatic rings. The van der Waals surface area contributed by atoms with Crippen molar-refractivity contribution < 1.29 is 0 Å². The molecule has 7 heteroatoms. The summed E-state index contributed by atoms with van der Waals surface area (Å²) in [4.78, 5) is 13.1. The minimum absolute atomic E-state index is 0.476. The molecular formula is C15H14N6S. The van der Waals surface area contributed by atoms with Crippen molar-refractivity contribution in [3.63, 3.8) is 0 Å². The first-order valence-electron chi connectivity index (χ1n) is 6.84. The van der Waals surface area contributed by atoms with E-state index in [1.165, 1.54) is 11.3 Å². The Morgan fingerprint density at radius 2 is 2.14 bits per heavy atom. The van der Waals surface area contributed by atoms with Crippen LogP contribution >= 0.6 is 11.3 Å². The molecule has 0 aliphatic rings. The number of benzene rings is 1. The van der Waals surface area contributed by atoms with Crippen molar-refractivity contribution in [3.05, 3.63) is 47.2 Å². The van der Waals surface area contributed by atoms with E-state index >= 15 is 0 Å². The maximum atomic E-state index is 9.54. The van der Waals surface area contributed by atoms with Gasteiger partial charge in [0.1, 0.15) is 10.9 Å². The molecule has 2 heterocycles. The number of anilines is 1.